The van der Waals surface area contributed by atoms with Gasteiger partial charge in [-0.25, -0.2) is 12.8 Å². The Morgan fingerprint density at radius 3 is 2.38 bits per heavy atom. The van der Waals surface area contributed by atoms with Crippen LogP contribution >= 0.6 is 0 Å². The molecule has 0 spiro atoms. The Kier molecular flexibility index (Phi) is 9.19. The van der Waals surface area contributed by atoms with E-state index in [4.69, 9.17) is 0 Å². The van der Waals surface area contributed by atoms with E-state index in [0.29, 0.717) is 13.0 Å². The van der Waals surface area contributed by atoms with E-state index in [1.54, 1.807) is 6.92 Å². The van der Waals surface area contributed by atoms with Crippen molar-refractivity contribution < 1.29 is 22.4 Å². The summed E-state index contributed by atoms with van der Waals surface area (Å²) >= 11 is 0. The van der Waals surface area contributed by atoms with Gasteiger partial charge >= 0.3 is 0 Å². The van der Waals surface area contributed by atoms with Crippen molar-refractivity contribution in [3.8, 4) is 0 Å². The van der Waals surface area contributed by atoms with Crippen molar-refractivity contribution in [3.63, 3.8) is 0 Å². The zero-order chi connectivity index (χ0) is 23.7. The smallest absolute Gasteiger partial charge is 0.244 e. The molecule has 0 aliphatic carbocycles. The molecule has 0 aliphatic rings. The summed E-state index contributed by atoms with van der Waals surface area (Å²) in [7, 11) is -3.87. The average molecular weight is 464 g/mol. The normalized spacial score (nSPS) is 12.1. The van der Waals surface area contributed by atoms with Crippen LogP contribution < -0.4 is 9.62 Å². The standard InChI is InChI=1S/C23H30FN3O4S/c1-4-14-25-23(29)18(2)26(15-13-19-9-6-5-7-10-19)22(28)17-27(32(3,30)31)21-12-8-11-20(24)16-21/h5-12,16,18H,4,13-15,17H2,1-3H3,(H,25,29)/t18-/m1/s1. The number of nitrogens with zero attached hydrogens (tertiary/aromatic N) is 2. The van der Waals surface area contributed by atoms with Gasteiger partial charge in [0.25, 0.3) is 0 Å². The third-order valence-corrected chi connectivity index (χ3v) is 6.12. The van der Waals surface area contributed by atoms with Crippen molar-refractivity contribution in [3.05, 3.63) is 66.0 Å². The molecule has 0 saturated carbocycles. The maximum atomic E-state index is 13.7. The maximum Gasteiger partial charge on any atom is 0.244 e. The van der Waals surface area contributed by atoms with Crippen LogP contribution in [0, 0.1) is 5.82 Å². The second kappa shape index (κ2) is 11.6. The van der Waals surface area contributed by atoms with Gasteiger partial charge in [0.15, 0.2) is 0 Å². The largest absolute Gasteiger partial charge is 0.354 e. The van der Waals surface area contributed by atoms with Crippen LogP contribution in [-0.2, 0) is 26.0 Å². The molecule has 2 amide bonds. The lowest BCUT2D eigenvalue weighted by molar-refractivity contribution is -0.138. The van der Waals surface area contributed by atoms with Gasteiger partial charge in [-0.2, -0.15) is 0 Å². The van der Waals surface area contributed by atoms with Crippen LogP contribution in [0.3, 0.4) is 0 Å². The number of carbonyl (C=O) groups is 2. The predicted molar refractivity (Wildman–Crippen MR) is 123 cm³/mol. The van der Waals surface area contributed by atoms with Crippen molar-refractivity contribution in [1.82, 2.24) is 10.2 Å². The first-order chi connectivity index (χ1) is 15.1. The number of nitrogens with one attached hydrogen (secondary N) is 1. The minimum atomic E-state index is -3.87. The lowest BCUT2D eigenvalue weighted by atomic mass is 10.1. The molecule has 0 unspecified atom stereocenters. The second-order valence-corrected chi connectivity index (χ2v) is 9.45. The van der Waals surface area contributed by atoms with Gasteiger partial charge in [-0.15, -0.1) is 0 Å². The highest BCUT2D eigenvalue weighted by atomic mass is 32.2. The van der Waals surface area contributed by atoms with Crippen LogP contribution in [-0.4, -0.2) is 57.1 Å². The molecule has 174 valence electrons. The number of benzene rings is 2. The summed E-state index contributed by atoms with van der Waals surface area (Å²) in [6.45, 7) is 3.70. The van der Waals surface area contributed by atoms with Crippen LogP contribution in [0.4, 0.5) is 10.1 Å². The lowest BCUT2D eigenvalue weighted by Crippen LogP contribution is -2.52. The Balaban J connectivity index is 2.28. The van der Waals surface area contributed by atoms with E-state index in [2.05, 4.69) is 5.32 Å². The fourth-order valence-electron chi connectivity index (χ4n) is 3.21. The lowest BCUT2D eigenvalue weighted by Gasteiger charge is -2.31. The minimum Gasteiger partial charge on any atom is -0.354 e. The number of halogens is 1. The van der Waals surface area contributed by atoms with Gasteiger partial charge in [-0.1, -0.05) is 43.3 Å². The second-order valence-electron chi connectivity index (χ2n) is 7.54. The Hall–Kier alpha value is -2.94. The molecule has 2 rings (SSSR count). The topological polar surface area (TPSA) is 86.8 Å². The first kappa shape index (κ1) is 25.3. The van der Waals surface area contributed by atoms with Crippen molar-refractivity contribution in [1.29, 1.82) is 0 Å². The summed E-state index contributed by atoms with van der Waals surface area (Å²) in [5.41, 5.74) is 1.03. The quantitative estimate of drug-likeness (QED) is 0.555. The van der Waals surface area contributed by atoms with E-state index >= 15 is 0 Å². The number of sulfonamides is 1. The molecule has 1 atom stereocenters. The molecule has 0 aromatic heterocycles. The molecule has 7 nitrogen and oxygen atoms in total. The van der Waals surface area contributed by atoms with Crippen molar-refractivity contribution in [2.45, 2.75) is 32.7 Å². The molecule has 0 heterocycles. The summed E-state index contributed by atoms with van der Waals surface area (Å²) in [5.74, 6) is -1.48. The fourth-order valence-corrected chi connectivity index (χ4v) is 4.05. The molecule has 0 bridgehead atoms. The third kappa shape index (κ3) is 7.33. The van der Waals surface area contributed by atoms with E-state index in [9.17, 15) is 22.4 Å². The molecular formula is C23H30FN3O4S. The van der Waals surface area contributed by atoms with E-state index in [1.807, 2.05) is 37.3 Å². The summed E-state index contributed by atoms with van der Waals surface area (Å²) in [4.78, 5) is 27.2. The van der Waals surface area contributed by atoms with Crippen molar-refractivity contribution >= 4 is 27.5 Å². The molecule has 0 fully saturated rings. The molecule has 0 aliphatic heterocycles. The van der Waals surface area contributed by atoms with Crippen molar-refractivity contribution in [2.75, 3.05) is 30.2 Å². The number of rotatable bonds is 11. The van der Waals surface area contributed by atoms with Gasteiger partial charge < -0.3 is 10.2 Å². The molecule has 2 aromatic rings. The van der Waals surface area contributed by atoms with Gasteiger partial charge in [-0.3, -0.25) is 13.9 Å². The van der Waals surface area contributed by atoms with E-state index in [-0.39, 0.29) is 18.1 Å². The van der Waals surface area contributed by atoms with Gasteiger partial charge in [0, 0.05) is 13.1 Å². The molecule has 2 aromatic carbocycles. The zero-order valence-electron chi connectivity index (χ0n) is 18.6. The molecule has 1 N–H and O–H groups in total. The summed E-state index contributed by atoms with van der Waals surface area (Å²) in [6.07, 6.45) is 2.20. The summed E-state index contributed by atoms with van der Waals surface area (Å²) < 4.78 is 39.3. The Morgan fingerprint density at radius 2 is 1.78 bits per heavy atom. The Bertz CT molecular complexity index is 1010. The third-order valence-electron chi connectivity index (χ3n) is 4.98. The average Bonchev–Trinajstić information content (AvgIpc) is 2.75. The molecule has 0 radical (unpaired) electrons. The van der Waals surface area contributed by atoms with E-state index < -0.39 is 34.3 Å². The number of hydrogen-bond donors (Lipinski definition) is 1. The van der Waals surface area contributed by atoms with Crippen molar-refractivity contribution in [2.24, 2.45) is 0 Å². The zero-order valence-corrected chi connectivity index (χ0v) is 19.4. The number of amides is 2. The highest BCUT2D eigenvalue weighted by Crippen LogP contribution is 2.19. The maximum absolute atomic E-state index is 13.7. The Morgan fingerprint density at radius 1 is 1.09 bits per heavy atom. The molecular weight excluding hydrogens is 433 g/mol. The van der Waals surface area contributed by atoms with Crippen LogP contribution in [0.5, 0.6) is 0 Å². The Labute approximate surface area is 189 Å². The highest BCUT2D eigenvalue weighted by molar-refractivity contribution is 7.92. The first-order valence-corrected chi connectivity index (χ1v) is 12.3. The molecule has 9 heteroatoms. The fraction of sp³-hybridized carbons (Fsp3) is 0.391. The minimum absolute atomic E-state index is 0.0481. The van der Waals surface area contributed by atoms with Gasteiger partial charge in [0.1, 0.15) is 18.4 Å². The van der Waals surface area contributed by atoms with Gasteiger partial charge in [-0.05, 0) is 43.5 Å². The molecule has 32 heavy (non-hydrogen) atoms. The highest BCUT2D eigenvalue weighted by Gasteiger charge is 2.29. The first-order valence-electron chi connectivity index (χ1n) is 10.5. The van der Waals surface area contributed by atoms with Crippen LogP contribution in [0.2, 0.25) is 0 Å². The number of anilines is 1. The van der Waals surface area contributed by atoms with Gasteiger partial charge in [0.05, 0.1) is 11.9 Å². The number of hydrogen-bond acceptors (Lipinski definition) is 4. The summed E-state index contributed by atoms with van der Waals surface area (Å²) in [5, 5.41) is 2.77. The molecule has 0 saturated heterocycles. The monoisotopic (exact) mass is 463 g/mol. The number of carbonyl (C=O) groups excluding carboxylic acids is 2. The summed E-state index contributed by atoms with van der Waals surface area (Å²) in [6, 6.07) is 13.7. The van der Waals surface area contributed by atoms with Gasteiger partial charge in [0.2, 0.25) is 21.8 Å². The van der Waals surface area contributed by atoms with Crippen LogP contribution in [0.15, 0.2) is 54.6 Å². The van der Waals surface area contributed by atoms with Crippen LogP contribution in [0.25, 0.3) is 0 Å². The van der Waals surface area contributed by atoms with E-state index in [1.165, 1.54) is 23.1 Å². The van der Waals surface area contributed by atoms with Crippen LogP contribution in [0.1, 0.15) is 25.8 Å². The van der Waals surface area contributed by atoms with E-state index in [0.717, 1.165) is 28.6 Å². The predicted octanol–water partition coefficient (Wildman–Crippen LogP) is 2.58. The SMILES string of the molecule is CCCNC(=O)[C@@H](C)N(CCc1ccccc1)C(=O)CN(c1cccc(F)c1)S(C)(=O)=O.